The lowest BCUT2D eigenvalue weighted by Gasteiger charge is -2.15. The van der Waals surface area contributed by atoms with Crippen LogP contribution in [-0.4, -0.2) is 58.2 Å². The molecule has 4 rings (SSSR count). The summed E-state index contributed by atoms with van der Waals surface area (Å²) in [5, 5.41) is 13.2. The van der Waals surface area contributed by atoms with Crippen molar-refractivity contribution in [3.8, 4) is 5.88 Å². The van der Waals surface area contributed by atoms with Crippen molar-refractivity contribution >= 4 is 28.2 Å². The molecule has 7 heteroatoms. The van der Waals surface area contributed by atoms with E-state index in [1.807, 2.05) is 56.8 Å². The van der Waals surface area contributed by atoms with Gasteiger partial charge in [0.1, 0.15) is 0 Å². The third-order valence-corrected chi connectivity index (χ3v) is 4.99. The summed E-state index contributed by atoms with van der Waals surface area (Å²) in [5.74, 6) is 0.501. The molecule has 7 nitrogen and oxygen atoms in total. The van der Waals surface area contributed by atoms with E-state index in [0.717, 1.165) is 41.7 Å². The van der Waals surface area contributed by atoms with E-state index in [4.69, 9.17) is 15.1 Å². The third-order valence-electron chi connectivity index (χ3n) is 4.99. The Kier molecular flexibility index (Phi) is 5.31. The molecule has 0 saturated carbocycles. The number of pyridine rings is 1. The molecule has 0 aromatic carbocycles. The summed E-state index contributed by atoms with van der Waals surface area (Å²) in [6.07, 6.45) is 7.51. The molecule has 0 spiro atoms. The number of aromatic nitrogens is 3. The number of allylic oxidation sites excluding steroid dienone is 2. The van der Waals surface area contributed by atoms with Gasteiger partial charge in [-0.1, -0.05) is 13.0 Å². The van der Waals surface area contributed by atoms with Crippen LogP contribution in [0.5, 0.6) is 5.88 Å². The highest BCUT2D eigenvalue weighted by atomic mass is 16.5. The number of nitrogens with one attached hydrogen (secondary N) is 2. The fourth-order valence-electron chi connectivity index (χ4n) is 3.49. The van der Waals surface area contributed by atoms with Gasteiger partial charge in [-0.2, -0.15) is 0 Å². The van der Waals surface area contributed by atoms with Crippen molar-refractivity contribution in [2.45, 2.75) is 19.8 Å². The molecule has 0 aliphatic heterocycles. The van der Waals surface area contributed by atoms with E-state index in [1.165, 1.54) is 0 Å². The van der Waals surface area contributed by atoms with E-state index < -0.39 is 0 Å². The molecule has 0 saturated heterocycles. The fraction of sp³-hybridized carbons (Fsp3) is 0.318. The maximum Gasteiger partial charge on any atom is 0.260 e. The number of fused-ring (bicyclic) bond motifs is 2. The molecule has 0 bridgehead atoms. The van der Waals surface area contributed by atoms with Crippen molar-refractivity contribution in [3.05, 3.63) is 54.0 Å². The standard InChI is InChI=1S/C22H26N6O/c1-4-15-14-17(19(23)16-9-10-24-20(15)16)25-21-18-8-5-6-12-28(18)26-22(21)29-13-7-11-27(2)3/h5-6,8-10,12,14,23-24H,4,7,11,13H2,1-3H3/b23-19?,25-17+. The second-order valence-electron chi connectivity index (χ2n) is 7.35. The number of H-pyrrole nitrogens is 1. The molecule has 1 aliphatic carbocycles. The van der Waals surface area contributed by atoms with E-state index >= 15 is 0 Å². The van der Waals surface area contributed by atoms with Crippen molar-refractivity contribution in [1.82, 2.24) is 19.5 Å². The second-order valence-corrected chi connectivity index (χ2v) is 7.35. The Labute approximate surface area is 170 Å². The summed E-state index contributed by atoms with van der Waals surface area (Å²) in [7, 11) is 4.09. The predicted octanol–water partition coefficient (Wildman–Crippen LogP) is 3.94. The number of ether oxygens (including phenoxy) is 1. The van der Waals surface area contributed by atoms with Crippen molar-refractivity contribution in [2.75, 3.05) is 27.2 Å². The van der Waals surface area contributed by atoms with Crippen LogP contribution in [0.15, 0.2) is 47.7 Å². The lowest BCUT2D eigenvalue weighted by atomic mass is 9.92. The topological polar surface area (TPSA) is 81.8 Å². The number of aliphatic imine (C=N–C) groups is 1. The summed E-state index contributed by atoms with van der Waals surface area (Å²) in [4.78, 5) is 10.2. The highest BCUT2D eigenvalue weighted by Gasteiger charge is 2.23. The van der Waals surface area contributed by atoms with Crippen molar-refractivity contribution in [2.24, 2.45) is 4.99 Å². The van der Waals surface area contributed by atoms with Gasteiger partial charge < -0.3 is 14.6 Å². The number of hydrogen-bond donors (Lipinski definition) is 2. The normalized spacial score (nSPS) is 15.2. The molecule has 0 radical (unpaired) electrons. The average Bonchev–Trinajstić information content (AvgIpc) is 3.33. The van der Waals surface area contributed by atoms with Gasteiger partial charge in [-0.15, -0.1) is 5.10 Å². The van der Waals surface area contributed by atoms with Crippen LogP contribution in [-0.2, 0) is 0 Å². The largest absolute Gasteiger partial charge is 0.475 e. The van der Waals surface area contributed by atoms with Gasteiger partial charge in [-0.3, -0.25) is 5.41 Å². The first-order chi connectivity index (χ1) is 14.1. The molecule has 3 aromatic rings. The Bertz CT molecular complexity index is 1100. The first kappa shape index (κ1) is 19.1. The zero-order valence-corrected chi connectivity index (χ0v) is 17.1. The Morgan fingerprint density at radius 2 is 2.14 bits per heavy atom. The molecule has 0 fully saturated rings. The summed E-state index contributed by atoms with van der Waals surface area (Å²) in [6, 6.07) is 7.79. The van der Waals surface area contributed by atoms with E-state index in [1.54, 1.807) is 4.52 Å². The Morgan fingerprint density at radius 3 is 2.93 bits per heavy atom. The number of nitrogens with zero attached hydrogens (tertiary/aromatic N) is 4. The van der Waals surface area contributed by atoms with E-state index in [-0.39, 0.29) is 0 Å². The molecule has 0 unspecified atom stereocenters. The molecule has 2 N–H and O–H groups in total. The molecule has 3 heterocycles. The Hall–Kier alpha value is -3.19. The second kappa shape index (κ2) is 8.05. The molecular weight excluding hydrogens is 364 g/mol. The number of rotatable bonds is 7. The van der Waals surface area contributed by atoms with Gasteiger partial charge in [0, 0.05) is 24.5 Å². The average molecular weight is 390 g/mol. The molecule has 0 amide bonds. The van der Waals surface area contributed by atoms with E-state index in [2.05, 4.69) is 21.9 Å². The van der Waals surface area contributed by atoms with Gasteiger partial charge in [0.25, 0.3) is 5.88 Å². The minimum Gasteiger partial charge on any atom is -0.475 e. The quantitative estimate of drug-likeness (QED) is 0.600. The van der Waals surface area contributed by atoms with Gasteiger partial charge in [-0.05, 0) is 56.8 Å². The summed E-state index contributed by atoms with van der Waals surface area (Å²) in [6.45, 7) is 3.62. The van der Waals surface area contributed by atoms with Crippen LogP contribution in [0.4, 0.5) is 5.69 Å². The first-order valence-electron chi connectivity index (χ1n) is 9.89. The van der Waals surface area contributed by atoms with Crippen molar-refractivity contribution in [1.29, 1.82) is 5.41 Å². The van der Waals surface area contributed by atoms with Crippen LogP contribution in [0.3, 0.4) is 0 Å². The molecule has 0 atom stereocenters. The lowest BCUT2D eigenvalue weighted by molar-refractivity contribution is 0.273. The van der Waals surface area contributed by atoms with Crippen LogP contribution < -0.4 is 4.74 Å². The van der Waals surface area contributed by atoms with Gasteiger partial charge in [-0.25, -0.2) is 9.51 Å². The zero-order valence-electron chi connectivity index (χ0n) is 17.1. The van der Waals surface area contributed by atoms with Crippen molar-refractivity contribution in [3.63, 3.8) is 0 Å². The van der Waals surface area contributed by atoms with Crippen LogP contribution in [0.1, 0.15) is 31.0 Å². The van der Waals surface area contributed by atoms with Gasteiger partial charge in [0.05, 0.1) is 29.2 Å². The van der Waals surface area contributed by atoms with Crippen molar-refractivity contribution < 1.29 is 4.74 Å². The van der Waals surface area contributed by atoms with Gasteiger partial charge in [0.15, 0.2) is 5.69 Å². The highest BCUT2D eigenvalue weighted by Crippen LogP contribution is 2.34. The maximum atomic E-state index is 8.64. The summed E-state index contributed by atoms with van der Waals surface area (Å²) in [5.41, 5.74) is 5.61. The maximum absolute atomic E-state index is 8.64. The van der Waals surface area contributed by atoms with Crippen LogP contribution in [0.2, 0.25) is 0 Å². The van der Waals surface area contributed by atoms with E-state index in [0.29, 0.717) is 29.6 Å². The number of aromatic amines is 1. The Morgan fingerprint density at radius 1 is 1.28 bits per heavy atom. The highest BCUT2D eigenvalue weighted by molar-refractivity contribution is 6.54. The molecule has 1 aliphatic rings. The SMILES string of the molecule is CCC1=C/C(=N\c2c(OCCCN(C)C)nn3ccccc23)C(=N)c2cc[nH]c21. The predicted molar refractivity (Wildman–Crippen MR) is 117 cm³/mol. The van der Waals surface area contributed by atoms with Gasteiger partial charge >= 0.3 is 0 Å². The zero-order chi connectivity index (χ0) is 20.4. The fourth-order valence-corrected chi connectivity index (χ4v) is 3.49. The minimum atomic E-state index is 0.410. The van der Waals surface area contributed by atoms with Crippen LogP contribution in [0, 0.1) is 5.41 Å². The molecule has 150 valence electrons. The first-order valence-corrected chi connectivity index (χ1v) is 9.89. The van der Waals surface area contributed by atoms with Crippen LogP contribution in [0.25, 0.3) is 11.1 Å². The Balaban J connectivity index is 1.73. The molecule has 3 aromatic heterocycles. The van der Waals surface area contributed by atoms with E-state index in [9.17, 15) is 0 Å². The van der Waals surface area contributed by atoms with Crippen LogP contribution >= 0.6 is 0 Å². The summed E-state index contributed by atoms with van der Waals surface area (Å²) >= 11 is 0. The summed E-state index contributed by atoms with van der Waals surface area (Å²) < 4.78 is 7.77. The van der Waals surface area contributed by atoms with Gasteiger partial charge in [0.2, 0.25) is 0 Å². The smallest absolute Gasteiger partial charge is 0.260 e. The monoisotopic (exact) mass is 390 g/mol. The minimum absolute atomic E-state index is 0.410. The lowest BCUT2D eigenvalue weighted by Crippen LogP contribution is -2.18. The third kappa shape index (κ3) is 3.73. The molecule has 29 heavy (non-hydrogen) atoms. The molecular formula is C22H26N6O. The number of hydrogen-bond acceptors (Lipinski definition) is 5.